The van der Waals surface area contributed by atoms with Crippen LogP contribution in [0.25, 0.3) is 11.0 Å². The Labute approximate surface area is 163 Å². The van der Waals surface area contributed by atoms with Crippen molar-refractivity contribution in [1.82, 2.24) is 0 Å². The molecule has 0 saturated carbocycles. The predicted molar refractivity (Wildman–Crippen MR) is 106 cm³/mol. The summed E-state index contributed by atoms with van der Waals surface area (Å²) >= 11 is 0. The minimum atomic E-state index is -1.26. The van der Waals surface area contributed by atoms with Crippen LogP contribution in [0.5, 0.6) is 0 Å². The maximum atomic E-state index is 11.4. The lowest BCUT2D eigenvalue weighted by Crippen LogP contribution is -2.10. The Balaban J connectivity index is 0.000000416. The molecule has 0 aliphatic rings. The molecule has 1 aromatic carbocycles. The predicted octanol–water partition coefficient (Wildman–Crippen LogP) is 4.32. The fraction of sp³-hybridized carbons (Fsp3) is 0.381. The van der Waals surface area contributed by atoms with E-state index in [0.29, 0.717) is 29.2 Å². The van der Waals surface area contributed by atoms with Crippen LogP contribution in [0.3, 0.4) is 0 Å². The third kappa shape index (κ3) is 7.26. The smallest absolute Gasteiger partial charge is 0.328 e. The quantitative estimate of drug-likeness (QED) is 0.432. The monoisotopic (exact) mass is 389 g/mol. The molecule has 2 rings (SSSR count). The Kier molecular flexibility index (Phi) is 9.50. The van der Waals surface area contributed by atoms with E-state index in [1.54, 1.807) is 6.07 Å². The Hall–Kier alpha value is -3.09. The summed E-state index contributed by atoms with van der Waals surface area (Å²) in [4.78, 5) is 30.5. The van der Waals surface area contributed by atoms with Gasteiger partial charge < -0.3 is 20.4 Å². The molecular weight excluding hydrogens is 362 g/mol. The molecule has 0 radical (unpaired) electrons. The Bertz CT molecular complexity index is 821. The number of hydrogen-bond acceptors (Lipinski definition) is 4. The number of benzene rings is 1. The Morgan fingerprint density at radius 2 is 1.75 bits per heavy atom. The number of rotatable bonds is 9. The summed E-state index contributed by atoms with van der Waals surface area (Å²) in [6.07, 6.45) is 7.00. The SMILES string of the molecule is CCCCCC(CC)c1cc2cccc(C(N)=O)c2o1.O=C(O)/C=C\C(=O)O. The molecule has 2 aromatic rings. The van der Waals surface area contributed by atoms with Gasteiger partial charge >= 0.3 is 11.9 Å². The van der Waals surface area contributed by atoms with Crippen molar-refractivity contribution in [2.45, 2.75) is 51.9 Å². The van der Waals surface area contributed by atoms with Gasteiger partial charge in [-0.1, -0.05) is 45.2 Å². The highest BCUT2D eigenvalue weighted by molar-refractivity contribution is 6.04. The summed E-state index contributed by atoms with van der Waals surface area (Å²) in [5, 5.41) is 16.6. The summed E-state index contributed by atoms with van der Waals surface area (Å²) in [7, 11) is 0. The van der Waals surface area contributed by atoms with Gasteiger partial charge in [-0.25, -0.2) is 9.59 Å². The number of primary amides is 1. The molecule has 4 N–H and O–H groups in total. The highest BCUT2D eigenvalue weighted by atomic mass is 16.4. The summed E-state index contributed by atoms with van der Waals surface area (Å²) in [5.41, 5.74) is 6.50. The van der Waals surface area contributed by atoms with E-state index in [9.17, 15) is 14.4 Å². The number of nitrogens with two attached hydrogens (primary N) is 1. The van der Waals surface area contributed by atoms with Gasteiger partial charge in [-0.3, -0.25) is 4.79 Å². The molecule has 0 aliphatic carbocycles. The lowest BCUT2D eigenvalue weighted by Gasteiger charge is -2.11. The van der Waals surface area contributed by atoms with Crippen LogP contribution in [0.2, 0.25) is 0 Å². The zero-order chi connectivity index (χ0) is 21.1. The van der Waals surface area contributed by atoms with Gasteiger partial charge in [-0.15, -0.1) is 0 Å². The molecule has 7 nitrogen and oxygen atoms in total. The number of carboxylic acid groups (broad SMARTS) is 2. The van der Waals surface area contributed by atoms with E-state index in [-0.39, 0.29) is 0 Å². The molecular formula is C21H27NO6. The van der Waals surface area contributed by atoms with Gasteiger partial charge in [0.2, 0.25) is 0 Å². The van der Waals surface area contributed by atoms with Crippen LogP contribution < -0.4 is 5.73 Å². The molecule has 1 heterocycles. The van der Waals surface area contributed by atoms with E-state index in [2.05, 4.69) is 19.9 Å². The van der Waals surface area contributed by atoms with Gasteiger partial charge in [-0.2, -0.15) is 0 Å². The average Bonchev–Trinajstić information content (AvgIpc) is 3.07. The number of furan rings is 1. The molecule has 152 valence electrons. The lowest BCUT2D eigenvalue weighted by atomic mass is 9.96. The number of fused-ring (bicyclic) bond motifs is 1. The van der Waals surface area contributed by atoms with Crippen molar-refractivity contribution >= 4 is 28.8 Å². The second-order valence-corrected chi connectivity index (χ2v) is 6.35. The van der Waals surface area contributed by atoms with E-state index >= 15 is 0 Å². The summed E-state index contributed by atoms with van der Waals surface area (Å²) in [6.45, 7) is 4.39. The Morgan fingerprint density at radius 3 is 2.25 bits per heavy atom. The van der Waals surface area contributed by atoms with Crippen LogP contribution in [-0.4, -0.2) is 28.1 Å². The van der Waals surface area contributed by atoms with Gasteiger partial charge in [0, 0.05) is 23.5 Å². The molecule has 7 heteroatoms. The minimum absolute atomic E-state index is 0.426. The van der Waals surface area contributed by atoms with Gasteiger partial charge in [0.25, 0.3) is 5.91 Å². The molecule has 0 saturated heterocycles. The zero-order valence-corrected chi connectivity index (χ0v) is 16.2. The topological polar surface area (TPSA) is 131 Å². The fourth-order valence-electron chi connectivity index (χ4n) is 2.81. The number of carboxylic acids is 2. The van der Waals surface area contributed by atoms with Crippen molar-refractivity contribution < 1.29 is 29.0 Å². The van der Waals surface area contributed by atoms with Crippen LogP contribution in [0.1, 0.15) is 68.0 Å². The molecule has 0 spiro atoms. The molecule has 28 heavy (non-hydrogen) atoms. The molecule has 1 aromatic heterocycles. The second kappa shape index (κ2) is 11.6. The van der Waals surface area contributed by atoms with Crippen molar-refractivity contribution in [3.05, 3.63) is 47.7 Å². The largest absolute Gasteiger partial charge is 0.478 e. The van der Waals surface area contributed by atoms with E-state index in [0.717, 1.165) is 24.0 Å². The first-order chi connectivity index (χ1) is 13.3. The number of hydrogen-bond donors (Lipinski definition) is 3. The van der Waals surface area contributed by atoms with Crippen molar-refractivity contribution in [3.8, 4) is 0 Å². The molecule has 1 atom stereocenters. The average molecular weight is 389 g/mol. The third-order valence-electron chi connectivity index (χ3n) is 4.25. The molecule has 0 bridgehead atoms. The normalized spacial score (nSPS) is 11.8. The molecule has 1 unspecified atom stereocenters. The van der Waals surface area contributed by atoms with Crippen LogP contribution >= 0.6 is 0 Å². The number of aliphatic carboxylic acids is 2. The first kappa shape index (κ1) is 23.0. The standard InChI is InChI=1S/C17H23NO2.C4H4O4/c1-3-5-6-8-12(4-2)15-11-13-9-7-10-14(17(18)19)16(13)20-15;5-3(6)1-2-4(7)8/h7,9-12H,3-6,8H2,1-2H3,(H2,18,19);1-2H,(H,5,6)(H,7,8)/b;2-1-. The van der Waals surface area contributed by atoms with Gasteiger partial charge in [0.1, 0.15) is 11.3 Å². The fourth-order valence-corrected chi connectivity index (χ4v) is 2.81. The van der Waals surface area contributed by atoms with Gasteiger partial charge in [0.15, 0.2) is 0 Å². The van der Waals surface area contributed by atoms with Crippen LogP contribution in [0, 0.1) is 0 Å². The van der Waals surface area contributed by atoms with Gasteiger partial charge in [-0.05, 0) is 25.0 Å². The second-order valence-electron chi connectivity index (χ2n) is 6.35. The minimum Gasteiger partial charge on any atom is -0.478 e. The number of carbonyl (C=O) groups is 3. The zero-order valence-electron chi connectivity index (χ0n) is 16.2. The van der Waals surface area contributed by atoms with E-state index in [1.165, 1.54) is 19.3 Å². The van der Waals surface area contributed by atoms with Crippen molar-refractivity contribution in [2.75, 3.05) is 0 Å². The molecule has 0 aliphatic heterocycles. The number of carbonyl (C=O) groups excluding carboxylic acids is 1. The van der Waals surface area contributed by atoms with Crippen LogP contribution in [-0.2, 0) is 9.59 Å². The van der Waals surface area contributed by atoms with E-state index in [4.69, 9.17) is 20.4 Å². The molecule has 0 fully saturated rings. The maximum absolute atomic E-state index is 11.4. The summed E-state index contributed by atoms with van der Waals surface area (Å²) < 4.78 is 5.94. The summed E-state index contributed by atoms with van der Waals surface area (Å²) in [6, 6.07) is 7.59. The lowest BCUT2D eigenvalue weighted by molar-refractivity contribution is -0.134. The Morgan fingerprint density at radius 1 is 1.11 bits per heavy atom. The summed E-state index contributed by atoms with van der Waals surface area (Å²) in [5.74, 6) is -1.54. The van der Waals surface area contributed by atoms with Gasteiger partial charge in [0.05, 0.1) is 5.56 Å². The van der Waals surface area contributed by atoms with Crippen LogP contribution in [0.4, 0.5) is 0 Å². The number of amides is 1. The number of unbranched alkanes of at least 4 members (excludes halogenated alkanes) is 2. The van der Waals surface area contributed by atoms with Crippen LogP contribution in [0.15, 0.2) is 40.8 Å². The van der Waals surface area contributed by atoms with Crippen molar-refractivity contribution in [2.24, 2.45) is 5.73 Å². The first-order valence-electron chi connectivity index (χ1n) is 9.26. The van der Waals surface area contributed by atoms with Crippen molar-refractivity contribution in [3.63, 3.8) is 0 Å². The van der Waals surface area contributed by atoms with Crippen molar-refractivity contribution in [1.29, 1.82) is 0 Å². The highest BCUT2D eigenvalue weighted by Gasteiger charge is 2.17. The van der Waals surface area contributed by atoms with E-state index in [1.807, 2.05) is 12.1 Å². The third-order valence-corrected chi connectivity index (χ3v) is 4.25. The highest BCUT2D eigenvalue weighted by Crippen LogP contribution is 2.32. The maximum Gasteiger partial charge on any atom is 0.328 e. The van der Waals surface area contributed by atoms with E-state index < -0.39 is 17.8 Å². The molecule has 1 amide bonds. The first-order valence-corrected chi connectivity index (χ1v) is 9.26. The number of para-hydroxylation sites is 1.